The maximum atomic E-state index is 10.9. The lowest BCUT2D eigenvalue weighted by atomic mass is 9.87. The Balaban J connectivity index is 2.41. The van der Waals surface area contributed by atoms with E-state index in [0.29, 0.717) is 0 Å². The van der Waals surface area contributed by atoms with Gasteiger partial charge in [0.1, 0.15) is 11.5 Å². The lowest BCUT2D eigenvalue weighted by Crippen LogP contribution is -2.16. The molecule has 70 valence electrons. The van der Waals surface area contributed by atoms with E-state index in [1.54, 1.807) is 0 Å². The molecule has 0 aromatic carbocycles. The molecule has 0 amide bonds. The van der Waals surface area contributed by atoms with Crippen molar-refractivity contribution in [3.05, 3.63) is 23.2 Å². The minimum Gasteiger partial charge on any atom is -0.481 e. The molecule has 1 unspecified atom stereocenters. The lowest BCUT2D eigenvalue weighted by Gasteiger charge is -2.16. The minimum atomic E-state index is -0.734. The highest BCUT2D eigenvalue weighted by atomic mass is 16.4. The van der Waals surface area contributed by atoms with Gasteiger partial charge in [0.15, 0.2) is 0 Å². The third-order valence-corrected chi connectivity index (χ3v) is 2.54. The highest BCUT2D eigenvalue weighted by Crippen LogP contribution is 2.33. The number of hydrogen-bond donors (Lipinski definition) is 1. The Morgan fingerprint density at radius 2 is 2.46 bits per heavy atom. The maximum absolute atomic E-state index is 10.9. The first-order valence-electron chi connectivity index (χ1n) is 4.50. The molecule has 3 nitrogen and oxygen atoms in total. The fourth-order valence-corrected chi connectivity index (χ4v) is 1.95. The summed E-state index contributed by atoms with van der Waals surface area (Å²) in [5.41, 5.74) is 0.885. The Bertz CT molecular complexity index is 338. The molecule has 1 aliphatic rings. The van der Waals surface area contributed by atoms with Crippen LogP contribution >= 0.6 is 0 Å². The van der Waals surface area contributed by atoms with Gasteiger partial charge in [-0.05, 0) is 25.8 Å². The van der Waals surface area contributed by atoms with Crippen molar-refractivity contribution in [2.24, 2.45) is 0 Å². The van der Waals surface area contributed by atoms with Crippen LogP contribution in [0.3, 0.4) is 0 Å². The average molecular weight is 180 g/mol. The summed E-state index contributed by atoms with van der Waals surface area (Å²) in [5, 5.41) is 8.95. The fourth-order valence-electron chi connectivity index (χ4n) is 1.95. The highest BCUT2D eigenvalue weighted by Gasteiger charge is 2.28. The third kappa shape index (κ3) is 1.34. The molecule has 0 aliphatic heterocycles. The molecule has 1 atom stereocenters. The Morgan fingerprint density at radius 3 is 3.15 bits per heavy atom. The van der Waals surface area contributed by atoms with Crippen LogP contribution in [0.1, 0.15) is 35.8 Å². The maximum Gasteiger partial charge on any atom is 0.311 e. The number of hydrogen-bond acceptors (Lipinski definition) is 2. The van der Waals surface area contributed by atoms with Crippen LogP contribution in [-0.4, -0.2) is 11.1 Å². The molecule has 0 saturated heterocycles. The van der Waals surface area contributed by atoms with Crippen LogP contribution in [0.2, 0.25) is 0 Å². The predicted octanol–water partition coefficient (Wildman–Crippen LogP) is 2.09. The van der Waals surface area contributed by atoms with Crippen molar-refractivity contribution in [3.8, 4) is 0 Å². The first-order valence-corrected chi connectivity index (χ1v) is 4.50. The first-order chi connectivity index (χ1) is 6.18. The second-order valence-electron chi connectivity index (χ2n) is 3.52. The number of fused-ring (bicyclic) bond motifs is 1. The summed E-state index contributed by atoms with van der Waals surface area (Å²) in [7, 11) is 0. The van der Waals surface area contributed by atoms with Gasteiger partial charge in [-0.2, -0.15) is 0 Å². The van der Waals surface area contributed by atoms with E-state index in [4.69, 9.17) is 9.52 Å². The number of carboxylic acid groups (broad SMARTS) is 1. The second kappa shape index (κ2) is 2.91. The molecule has 3 heteroatoms. The van der Waals surface area contributed by atoms with Crippen molar-refractivity contribution in [2.75, 3.05) is 0 Å². The molecule has 13 heavy (non-hydrogen) atoms. The highest BCUT2D eigenvalue weighted by molar-refractivity contribution is 5.76. The molecule has 1 aromatic heterocycles. The van der Waals surface area contributed by atoms with E-state index in [2.05, 4.69) is 0 Å². The predicted molar refractivity (Wildman–Crippen MR) is 46.8 cm³/mol. The van der Waals surface area contributed by atoms with Gasteiger partial charge in [0.25, 0.3) is 0 Å². The molecule has 0 fully saturated rings. The van der Waals surface area contributed by atoms with Crippen LogP contribution in [0.5, 0.6) is 0 Å². The van der Waals surface area contributed by atoms with Gasteiger partial charge in [-0.25, -0.2) is 0 Å². The topological polar surface area (TPSA) is 50.4 Å². The van der Waals surface area contributed by atoms with Crippen LogP contribution in [-0.2, 0) is 11.2 Å². The summed E-state index contributed by atoms with van der Waals surface area (Å²) in [4.78, 5) is 10.9. The van der Waals surface area contributed by atoms with Gasteiger partial charge < -0.3 is 9.52 Å². The van der Waals surface area contributed by atoms with E-state index >= 15 is 0 Å². The van der Waals surface area contributed by atoms with E-state index in [1.165, 1.54) is 0 Å². The standard InChI is InChI=1S/C10H12O3/c1-6-5-8-7(10(11)12)3-2-4-9(8)13-6/h5,7H,2-4H2,1H3,(H,11,12). The monoisotopic (exact) mass is 180 g/mol. The van der Waals surface area contributed by atoms with Crippen molar-refractivity contribution in [1.29, 1.82) is 0 Å². The number of aryl methyl sites for hydroxylation is 2. The van der Waals surface area contributed by atoms with Crippen molar-refractivity contribution in [3.63, 3.8) is 0 Å². The van der Waals surface area contributed by atoms with Crippen LogP contribution in [0.4, 0.5) is 0 Å². The van der Waals surface area contributed by atoms with E-state index in [-0.39, 0.29) is 5.92 Å². The summed E-state index contributed by atoms with van der Waals surface area (Å²) in [6.45, 7) is 1.86. The van der Waals surface area contributed by atoms with Gasteiger partial charge in [0.2, 0.25) is 0 Å². The van der Waals surface area contributed by atoms with Crippen molar-refractivity contribution >= 4 is 5.97 Å². The second-order valence-corrected chi connectivity index (χ2v) is 3.52. The van der Waals surface area contributed by atoms with Crippen LogP contribution in [0.25, 0.3) is 0 Å². The van der Waals surface area contributed by atoms with Gasteiger partial charge in [-0.1, -0.05) is 0 Å². The molecule has 1 N–H and O–H groups in total. The first kappa shape index (κ1) is 8.35. The Hall–Kier alpha value is -1.25. The third-order valence-electron chi connectivity index (χ3n) is 2.54. The zero-order valence-electron chi connectivity index (χ0n) is 7.54. The SMILES string of the molecule is Cc1cc2c(o1)CCCC2C(=O)O. The fraction of sp³-hybridized carbons (Fsp3) is 0.500. The van der Waals surface area contributed by atoms with E-state index < -0.39 is 5.97 Å². The number of furan rings is 1. The number of carboxylic acids is 1. The van der Waals surface area contributed by atoms with Gasteiger partial charge >= 0.3 is 5.97 Å². The Kier molecular flexibility index (Phi) is 1.87. The zero-order chi connectivity index (χ0) is 9.42. The largest absolute Gasteiger partial charge is 0.481 e. The summed E-state index contributed by atoms with van der Waals surface area (Å²) in [6.07, 6.45) is 2.53. The number of aliphatic carboxylic acids is 1. The smallest absolute Gasteiger partial charge is 0.311 e. The normalized spacial score (nSPS) is 21.2. The van der Waals surface area contributed by atoms with Crippen LogP contribution in [0, 0.1) is 6.92 Å². The minimum absolute atomic E-state index is 0.346. The lowest BCUT2D eigenvalue weighted by molar-refractivity contribution is -0.139. The number of carbonyl (C=O) groups is 1. The summed E-state index contributed by atoms with van der Waals surface area (Å²) >= 11 is 0. The zero-order valence-corrected chi connectivity index (χ0v) is 7.54. The van der Waals surface area contributed by atoms with Gasteiger partial charge in [-0.3, -0.25) is 4.79 Å². The average Bonchev–Trinajstić information content (AvgIpc) is 2.43. The van der Waals surface area contributed by atoms with Crippen molar-refractivity contribution in [2.45, 2.75) is 32.1 Å². The van der Waals surface area contributed by atoms with Crippen molar-refractivity contribution < 1.29 is 14.3 Å². The van der Waals surface area contributed by atoms with E-state index in [0.717, 1.165) is 36.3 Å². The molecule has 0 saturated carbocycles. The van der Waals surface area contributed by atoms with Gasteiger partial charge in [0, 0.05) is 12.0 Å². The van der Waals surface area contributed by atoms with Crippen LogP contribution in [0.15, 0.2) is 10.5 Å². The molecule has 0 spiro atoms. The summed E-state index contributed by atoms with van der Waals surface area (Å²) in [6, 6.07) is 1.85. The molecule has 0 bridgehead atoms. The molecular formula is C10H12O3. The molecular weight excluding hydrogens is 168 g/mol. The number of rotatable bonds is 1. The molecule has 1 heterocycles. The summed E-state index contributed by atoms with van der Waals surface area (Å²) < 4.78 is 5.42. The van der Waals surface area contributed by atoms with Gasteiger partial charge in [-0.15, -0.1) is 0 Å². The molecule has 1 aromatic rings. The van der Waals surface area contributed by atoms with Gasteiger partial charge in [0.05, 0.1) is 5.92 Å². The van der Waals surface area contributed by atoms with Crippen LogP contribution < -0.4 is 0 Å². The molecule has 0 radical (unpaired) electrons. The Labute approximate surface area is 76.4 Å². The quantitative estimate of drug-likeness (QED) is 0.719. The Morgan fingerprint density at radius 1 is 1.69 bits per heavy atom. The van der Waals surface area contributed by atoms with E-state index in [9.17, 15) is 4.79 Å². The van der Waals surface area contributed by atoms with Crippen molar-refractivity contribution in [1.82, 2.24) is 0 Å². The van der Waals surface area contributed by atoms with E-state index in [1.807, 2.05) is 13.0 Å². The molecule has 1 aliphatic carbocycles. The molecule has 2 rings (SSSR count). The summed E-state index contributed by atoms with van der Waals surface area (Å²) in [5.74, 6) is 0.609.